The van der Waals surface area contributed by atoms with Crippen LogP contribution in [0.3, 0.4) is 0 Å². The number of carbonyl (C=O) groups is 2. The van der Waals surface area contributed by atoms with E-state index in [4.69, 9.17) is 18.7 Å². The van der Waals surface area contributed by atoms with Crippen LogP contribution in [0.2, 0.25) is 0 Å². The first-order valence-corrected chi connectivity index (χ1v) is 19.6. The lowest BCUT2D eigenvalue weighted by Crippen LogP contribution is -2.51. The van der Waals surface area contributed by atoms with E-state index in [9.17, 15) is 19.0 Å². The average Bonchev–Trinajstić information content (AvgIpc) is 3.36. The Hall–Kier alpha value is -1.21. The van der Waals surface area contributed by atoms with Crippen LogP contribution in [0.1, 0.15) is 118 Å². The molecule has 4 aliphatic rings. The van der Waals surface area contributed by atoms with Crippen molar-refractivity contribution < 1.29 is 37.8 Å². The van der Waals surface area contributed by atoms with Gasteiger partial charge >= 0.3 is 19.5 Å². The normalized spacial score (nSPS) is 35.2. The monoisotopic (exact) mass is 652 g/mol. The predicted molar refractivity (Wildman–Crippen MR) is 176 cm³/mol. The molecule has 2 unspecified atom stereocenters. The summed E-state index contributed by atoms with van der Waals surface area (Å²) in [6.45, 7) is 12.1. The molecule has 0 aromatic rings. The maximum atomic E-state index is 12.6. The van der Waals surface area contributed by atoms with Gasteiger partial charge in [-0.3, -0.25) is 13.9 Å². The SMILES string of the molecule is CCOC(=O)COP(=O)(O)CCC(=O)O[C@H]1CC[C@@]2(C)C(=CC[C@H]3[C@@H]4CC[C@H]([C@H](C)CCCC(C)CCOC)[C@@]4(C)CC[C@@H]32)C1. The zero-order chi connectivity index (χ0) is 32.8. The number of hydrogen-bond acceptors (Lipinski definition) is 7. The van der Waals surface area contributed by atoms with E-state index in [0.29, 0.717) is 11.3 Å². The first kappa shape index (κ1) is 36.6. The van der Waals surface area contributed by atoms with Crippen molar-refractivity contribution in [2.75, 3.05) is 33.1 Å². The number of esters is 2. The van der Waals surface area contributed by atoms with Crippen molar-refractivity contribution in [3.8, 4) is 0 Å². The molecule has 0 radical (unpaired) electrons. The van der Waals surface area contributed by atoms with Gasteiger partial charge in [0.15, 0.2) is 6.61 Å². The summed E-state index contributed by atoms with van der Waals surface area (Å²) in [4.78, 5) is 34.1. The lowest BCUT2D eigenvalue weighted by atomic mass is 9.47. The number of allylic oxidation sites excluding steroid dienone is 1. The van der Waals surface area contributed by atoms with Crippen LogP contribution in [0.4, 0.5) is 0 Å². The molecule has 9 heteroatoms. The molecule has 4 rings (SSSR count). The van der Waals surface area contributed by atoms with Gasteiger partial charge in [-0.1, -0.05) is 58.6 Å². The number of hydrogen-bond donors (Lipinski definition) is 1. The van der Waals surface area contributed by atoms with Crippen LogP contribution in [0, 0.1) is 46.3 Å². The number of ether oxygens (including phenoxy) is 3. The van der Waals surface area contributed by atoms with E-state index >= 15 is 0 Å². The van der Waals surface area contributed by atoms with Crippen molar-refractivity contribution >= 4 is 19.5 Å². The van der Waals surface area contributed by atoms with Crippen LogP contribution in [0.5, 0.6) is 0 Å². The molecule has 258 valence electrons. The summed E-state index contributed by atoms with van der Waals surface area (Å²) >= 11 is 0. The first-order valence-electron chi connectivity index (χ1n) is 17.8. The number of carbonyl (C=O) groups excluding carboxylic acids is 2. The van der Waals surface area contributed by atoms with Gasteiger partial charge in [-0.2, -0.15) is 0 Å². The van der Waals surface area contributed by atoms with Crippen LogP contribution in [-0.4, -0.2) is 56.0 Å². The number of rotatable bonds is 16. The molecule has 1 N–H and O–H groups in total. The van der Waals surface area contributed by atoms with Crippen LogP contribution < -0.4 is 0 Å². The topological polar surface area (TPSA) is 108 Å². The maximum Gasteiger partial charge on any atom is 0.332 e. The van der Waals surface area contributed by atoms with E-state index in [1.165, 1.54) is 50.5 Å². The van der Waals surface area contributed by atoms with Crippen molar-refractivity contribution in [2.24, 2.45) is 46.3 Å². The highest BCUT2D eigenvalue weighted by atomic mass is 31.2. The standard InChI is InChI=1S/C36H61O8P/c1-7-42-34(38)24-43-45(39,40)22-18-33(37)44-28-15-19-35(4)27(23-28)11-12-29-31-14-13-30(36(31,5)20-16-32(29)35)26(3)10-8-9-25(2)17-21-41-6/h11,25-26,28-32H,7-10,12-24H2,1-6H3,(H,39,40)/t25?,26-,28+,29+,30-,31+,32+,35+,36-/m1/s1. The zero-order valence-corrected chi connectivity index (χ0v) is 29.8. The molecule has 8 nitrogen and oxygen atoms in total. The minimum Gasteiger partial charge on any atom is -0.464 e. The van der Waals surface area contributed by atoms with Crippen molar-refractivity contribution in [3.63, 3.8) is 0 Å². The third-order valence-electron chi connectivity index (χ3n) is 12.6. The highest BCUT2D eigenvalue weighted by Crippen LogP contribution is 2.67. The van der Waals surface area contributed by atoms with E-state index in [0.717, 1.165) is 68.3 Å². The molecule has 4 aliphatic carbocycles. The molecule has 3 fully saturated rings. The molecule has 0 aromatic heterocycles. The fraction of sp³-hybridized carbons (Fsp3) is 0.889. The summed E-state index contributed by atoms with van der Waals surface area (Å²) in [5.41, 5.74) is 2.06. The average molecular weight is 653 g/mol. The second-order valence-corrected chi connectivity index (χ2v) is 17.3. The molecule has 0 saturated heterocycles. The van der Waals surface area contributed by atoms with E-state index in [-0.39, 0.29) is 30.7 Å². The molecule has 0 aromatic carbocycles. The molecule has 45 heavy (non-hydrogen) atoms. The molecule has 0 bridgehead atoms. The third-order valence-corrected chi connectivity index (χ3v) is 13.9. The van der Waals surface area contributed by atoms with Crippen molar-refractivity contribution in [3.05, 3.63) is 11.6 Å². The van der Waals surface area contributed by atoms with Crippen LogP contribution >= 0.6 is 7.60 Å². The Balaban J connectivity index is 1.28. The highest BCUT2D eigenvalue weighted by Gasteiger charge is 2.59. The lowest BCUT2D eigenvalue weighted by Gasteiger charge is -2.58. The first-order chi connectivity index (χ1) is 21.3. The molecule has 10 atom stereocenters. The van der Waals surface area contributed by atoms with E-state index in [1.807, 2.05) is 0 Å². The minimum absolute atomic E-state index is 0.164. The Morgan fingerprint density at radius 3 is 2.56 bits per heavy atom. The summed E-state index contributed by atoms with van der Waals surface area (Å²) in [5, 5.41) is 0. The lowest BCUT2D eigenvalue weighted by molar-refractivity contribution is -0.151. The Bertz CT molecular complexity index is 1090. The van der Waals surface area contributed by atoms with Crippen molar-refractivity contribution in [1.29, 1.82) is 0 Å². The molecule has 0 amide bonds. The van der Waals surface area contributed by atoms with Gasteiger partial charge in [0.25, 0.3) is 0 Å². The van der Waals surface area contributed by atoms with E-state index in [1.54, 1.807) is 14.0 Å². The molecular formula is C36H61O8P. The highest BCUT2D eigenvalue weighted by molar-refractivity contribution is 7.52. The van der Waals surface area contributed by atoms with Gasteiger partial charge in [-0.15, -0.1) is 0 Å². The predicted octanol–water partition coefficient (Wildman–Crippen LogP) is 8.11. The maximum absolute atomic E-state index is 12.6. The Morgan fingerprint density at radius 1 is 1.04 bits per heavy atom. The summed E-state index contributed by atoms with van der Waals surface area (Å²) < 4.78 is 32.9. The molecular weight excluding hydrogens is 591 g/mol. The molecule has 0 aliphatic heterocycles. The van der Waals surface area contributed by atoms with Crippen LogP contribution in [0.15, 0.2) is 11.6 Å². The van der Waals surface area contributed by atoms with Gasteiger partial charge in [0.05, 0.1) is 19.2 Å². The molecule has 3 saturated carbocycles. The second-order valence-electron chi connectivity index (χ2n) is 15.3. The fourth-order valence-corrected chi connectivity index (χ4v) is 11.0. The van der Waals surface area contributed by atoms with Gasteiger partial charge in [-0.05, 0) is 105 Å². The number of fused-ring (bicyclic) bond motifs is 5. The van der Waals surface area contributed by atoms with E-state index < -0.39 is 26.1 Å². The summed E-state index contributed by atoms with van der Waals surface area (Å²) in [6.07, 6.45) is 16.0. The quantitative estimate of drug-likeness (QED) is 0.101. The Labute approximate surface area is 272 Å². The summed E-state index contributed by atoms with van der Waals surface area (Å²) in [7, 11) is -2.29. The van der Waals surface area contributed by atoms with Gasteiger partial charge in [-0.25, -0.2) is 4.79 Å². The number of methoxy groups -OCH3 is 1. The van der Waals surface area contributed by atoms with Gasteiger partial charge < -0.3 is 19.1 Å². The zero-order valence-electron chi connectivity index (χ0n) is 28.9. The van der Waals surface area contributed by atoms with Crippen LogP contribution in [0.25, 0.3) is 0 Å². The van der Waals surface area contributed by atoms with Crippen molar-refractivity contribution in [2.45, 2.75) is 124 Å². The Kier molecular flexibility index (Phi) is 12.9. The van der Waals surface area contributed by atoms with Gasteiger partial charge in [0, 0.05) is 20.1 Å². The van der Waals surface area contributed by atoms with Crippen molar-refractivity contribution in [1.82, 2.24) is 0 Å². The summed E-state index contributed by atoms with van der Waals surface area (Å²) in [5.74, 6) is 3.40. The third kappa shape index (κ3) is 8.83. The molecule has 0 heterocycles. The van der Waals surface area contributed by atoms with Gasteiger partial charge in [0.1, 0.15) is 6.10 Å². The molecule has 0 spiro atoms. The minimum atomic E-state index is -4.08. The Morgan fingerprint density at radius 2 is 1.82 bits per heavy atom. The van der Waals surface area contributed by atoms with Gasteiger partial charge in [0.2, 0.25) is 0 Å². The smallest absolute Gasteiger partial charge is 0.332 e. The second kappa shape index (κ2) is 15.8. The van der Waals surface area contributed by atoms with E-state index in [2.05, 4.69) is 33.8 Å². The summed E-state index contributed by atoms with van der Waals surface area (Å²) in [6, 6.07) is 0. The largest absolute Gasteiger partial charge is 0.464 e. The fourth-order valence-electron chi connectivity index (χ4n) is 10.1. The van der Waals surface area contributed by atoms with Crippen LogP contribution in [-0.2, 0) is 32.9 Å².